The normalized spacial score (nSPS) is 14.7. The van der Waals surface area contributed by atoms with E-state index < -0.39 is 26.4 Å². The van der Waals surface area contributed by atoms with Crippen molar-refractivity contribution in [3.8, 4) is 0 Å². The molecule has 0 radical (unpaired) electrons. The first-order valence-electron chi connectivity index (χ1n) is 11.8. The van der Waals surface area contributed by atoms with E-state index in [0.717, 1.165) is 18.8 Å². The van der Waals surface area contributed by atoms with Crippen molar-refractivity contribution in [1.29, 1.82) is 0 Å². The zero-order valence-electron chi connectivity index (χ0n) is 19.2. The molecule has 0 heterocycles. The molecule has 0 amide bonds. The maximum absolute atomic E-state index is 11.6. The van der Waals surface area contributed by atoms with Gasteiger partial charge in [0.15, 0.2) is 0 Å². The molecule has 0 aliphatic rings. The Morgan fingerprint density at radius 1 is 0.800 bits per heavy atom. The number of carboxylic acid groups (broad SMARTS) is 1. The van der Waals surface area contributed by atoms with Crippen LogP contribution in [0.5, 0.6) is 0 Å². The van der Waals surface area contributed by atoms with Gasteiger partial charge in [0.05, 0.1) is 13.2 Å². The number of rotatable bonds is 22. The number of phosphoric ester groups is 1. The number of unbranched alkanes of at least 4 members (excludes halogenated alkanes) is 13. The molecule has 0 aliphatic carbocycles. The van der Waals surface area contributed by atoms with Gasteiger partial charge in [-0.15, -0.1) is 0 Å². The predicted molar refractivity (Wildman–Crippen MR) is 121 cm³/mol. The number of carboxylic acids is 1. The summed E-state index contributed by atoms with van der Waals surface area (Å²) < 4.78 is 21.0. The van der Waals surface area contributed by atoms with Crippen molar-refractivity contribution in [2.24, 2.45) is 11.7 Å². The quantitative estimate of drug-likeness (QED) is 0.136. The smallest absolute Gasteiger partial charge is 0.472 e. The minimum Gasteiger partial charge on any atom is -0.480 e. The standard InChI is InChI=1S/C22H46NO6P/c1-20(2)17-15-13-11-9-7-5-3-4-6-8-10-12-14-16-18-28-30(26,27)29-19-21(23)22(24)25/h20-21H,3-19,23H2,1-2H3,(H,24,25)(H,26,27)/t21-/m0/s1. The summed E-state index contributed by atoms with van der Waals surface area (Å²) in [6.07, 6.45) is 18.7. The van der Waals surface area contributed by atoms with E-state index in [2.05, 4.69) is 18.4 Å². The van der Waals surface area contributed by atoms with E-state index in [4.69, 9.17) is 15.4 Å². The average Bonchev–Trinajstić information content (AvgIpc) is 2.68. The van der Waals surface area contributed by atoms with Crippen molar-refractivity contribution in [2.75, 3.05) is 13.2 Å². The monoisotopic (exact) mass is 451 g/mol. The van der Waals surface area contributed by atoms with Crippen LogP contribution in [0.4, 0.5) is 0 Å². The number of hydrogen-bond donors (Lipinski definition) is 3. The summed E-state index contributed by atoms with van der Waals surface area (Å²) in [6.45, 7) is 4.16. The minimum absolute atomic E-state index is 0.119. The number of hydrogen-bond acceptors (Lipinski definition) is 5. The fourth-order valence-corrected chi connectivity index (χ4v) is 4.02. The summed E-state index contributed by atoms with van der Waals surface area (Å²) in [5.41, 5.74) is 5.21. The fraction of sp³-hybridized carbons (Fsp3) is 0.955. The molecule has 0 aliphatic heterocycles. The Morgan fingerprint density at radius 2 is 1.20 bits per heavy atom. The van der Waals surface area contributed by atoms with Crippen LogP contribution in [-0.2, 0) is 18.4 Å². The van der Waals surface area contributed by atoms with Gasteiger partial charge < -0.3 is 15.7 Å². The van der Waals surface area contributed by atoms with Crippen molar-refractivity contribution in [2.45, 2.75) is 116 Å². The Labute approximate surface area is 183 Å². The van der Waals surface area contributed by atoms with Crippen molar-refractivity contribution >= 4 is 13.8 Å². The van der Waals surface area contributed by atoms with Gasteiger partial charge >= 0.3 is 13.8 Å². The second-order valence-electron chi connectivity index (χ2n) is 8.67. The highest BCUT2D eigenvalue weighted by Gasteiger charge is 2.24. The molecule has 1 unspecified atom stereocenters. The fourth-order valence-electron chi connectivity index (χ4n) is 3.24. The molecule has 0 bridgehead atoms. The van der Waals surface area contributed by atoms with E-state index in [0.29, 0.717) is 6.42 Å². The number of aliphatic carboxylic acids is 1. The van der Waals surface area contributed by atoms with Crippen LogP contribution in [-0.4, -0.2) is 35.2 Å². The highest BCUT2D eigenvalue weighted by atomic mass is 31.2. The molecule has 8 heteroatoms. The number of nitrogens with two attached hydrogens (primary N) is 1. The predicted octanol–water partition coefficient (Wildman–Crippen LogP) is 6.04. The van der Waals surface area contributed by atoms with Crippen molar-refractivity contribution in [3.63, 3.8) is 0 Å². The van der Waals surface area contributed by atoms with Gasteiger partial charge in [-0.1, -0.05) is 104 Å². The third-order valence-corrected chi connectivity index (χ3v) is 6.15. The molecule has 0 aromatic rings. The highest BCUT2D eigenvalue weighted by molar-refractivity contribution is 7.47. The highest BCUT2D eigenvalue weighted by Crippen LogP contribution is 2.43. The molecule has 30 heavy (non-hydrogen) atoms. The molecule has 0 aromatic heterocycles. The van der Waals surface area contributed by atoms with E-state index in [1.54, 1.807) is 0 Å². The molecule has 0 rings (SSSR count). The Hall–Kier alpha value is -0.460. The van der Waals surface area contributed by atoms with E-state index in [1.165, 1.54) is 77.0 Å². The lowest BCUT2D eigenvalue weighted by Crippen LogP contribution is -2.34. The second kappa shape index (κ2) is 19.2. The van der Waals surface area contributed by atoms with Crippen LogP contribution in [0.2, 0.25) is 0 Å². The van der Waals surface area contributed by atoms with Crippen molar-refractivity contribution in [3.05, 3.63) is 0 Å². The Morgan fingerprint density at radius 3 is 1.60 bits per heavy atom. The van der Waals surface area contributed by atoms with E-state index >= 15 is 0 Å². The molecular formula is C22H46NO6P. The van der Waals surface area contributed by atoms with Crippen LogP contribution in [0.15, 0.2) is 0 Å². The summed E-state index contributed by atoms with van der Waals surface area (Å²) in [6, 6.07) is -1.34. The second-order valence-corrected chi connectivity index (χ2v) is 10.1. The Balaban J connectivity index is 3.31. The zero-order chi connectivity index (χ0) is 22.7. The van der Waals surface area contributed by atoms with Gasteiger partial charge in [-0.25, -0.2) is 4.57 Å². The minimum atomic E-state index is -4.22. The SMILES string of the molecule is CC(C)CCCCCCCCCCCCCCCCOP(=O)(O)OC[C@H](N)C(=O)O. The molecule has 0 fully saturated rings. The Kier molecular flexibility index (Phi) is 18.9. The molecule has 180 valence electrons. The lowest BCUT2D eigenvalue weighted by atomic mass is 10.0. The molecule has 4 N–H and O–H groups in total. The first-order valence-corrected chi connectivity index (χ1v) is 13.3. The topological polar surface area (TPSA) is 119 Å². The Bertz CT molecular complexity index is 461. The van der Waals surface area contributed by atoms with E-state index in [-0.39, 0.29) is 6.61 Å². The molecule has 0 aromatic carbocycles. The van der Waals surface area contributed by atoms with Gasteiger partial charge in [-0.05, 0) is 12.3 Å². The van der Waals surface area contributed by atoms with E-state index in [9.17, 15) is 14.3 Å². The molecule has 0 saturated carbocycles. The molecule has 2 atom stereocenters. The van der Waals surface area contributed by atoms with Crippen molar-refractivity contribution < 1.29 is 28.4 Å². The summed E-state index contributed by atoms with van der Waals surface area (Å²) in [5, 5.41) is 8.60. The van der Waals surface area contributed by atoms with Gasteiger partial charge in [0, 0.05) is 0 Å². The first-order chi connectivity index (χ1) is 14.2. The molecule has 0 saturated heterocycles. The average molecular weight is 452 g/mol. The lowest BCUT2D eigenvalue weighted by Gasteiger charge is -2.13. The lowest BCUT2D eigenvalue weighted by molar-refractivity contribution is -0.139. The van der Waals surface area contributed by atoms with Crippen LogP contribution >= 0.6 is 7.82 Å². The number of phosphoric acid groups is 1. The summed E-state index contributed by atoms with van der Waals surface area (Å²) >= 11 is 0. The van der Waals surface area contributed by atoms with Crippen LogP contribution in [0, 0.1) is 5.92 Å². The van der Waals surface area contributed by atoms with E-state index in [1.807, 2.05) is 0 Å². The first kappa shape index (κ1) is 29.5. The van der Waals surface area contributed by atoms with Gasteiger partial charge in [-0.3, -0.25) is 13.8 Å². The van der Waals surface area contributed by atoms with Gasteiger partial charge in [0.2, 0.25) is 0 Å². The zero-order valence-corrected chi connectivity index (χ0v) is 20.1. The molecular weight excluding hydrogens is 405 g/mol. The maximum Gasteiger partial charge on any atom is 0.472 e. The van der Waals surface area contributed by atoms with Gasteiger partial charge in [-0.2, -0.15) is 0 Å². The third kappa shape index (κ3) is 20.8. The maximum atomic E-state index is 11.6. The summed E-state index contributed by atoms with van der Waals surface area (Å²) in [5.74, 6) is -0.448. The third-order valence-electron chi connectivity index (χ3n) is 5.16. The van der Waals surface area contributed by atoms with Gasteiger partial charge in [0.1, 0.15) is 6.04 Å². The van der Waals surface area contributed by atoms with Crippen LogP contribution in [0.25, 0.3) is 0 Å². The summed E-state index contributed by atoms with van der Waals surface area (Å²) in [4.78, 5) is 20.0. The largest absolute Gasteiger partial charge is 0.480 e. The number of carbonyl (C=O) groups is 1. The van der Waals surface area contributed by atoms with Crippen LogP contribution in [0.3, 0.4) is 0 Å². The van der Waals surface area contributed by atoms with Crippen LogP contribution in [0.1, 0.15) is 110 Å². The van der Waals surface area contributed by atoms with Gasteiger partial charge in [0.25, 0.3) is 0 Å². The molecule has 7 nitrogen and oxygen atoms in total. The summed E-state index contributed by atoms with van der Waals surface area (Å²) in [7, 11) is -4.22. The van der Waals surface area contributed by atoms with Crippen molar-refractivity contribution in [1.82, 2.24) is 0 Å². The van der Waals surface area contributed by atoms with Crippen LogP contribution < -0.4 is 5.73 Å². The molecule has 0 spiro atoms.